The first kappa shape index (κ1) is 21.0. The van der Waals surface area contributed by atoms with Gasteiger partial charge >= 0.3 is 6.18 Å². The maximum atomic E-state index is 13.1. The first-order chi connectivity index (χ1) is 13.4. The molecule has 2 aromatic heterocycles. The molecule has 6 heteroatoms. The normalized spacial score (nSPS) is 12.8. The Morgan fingerprint density at radius 2 is 1.28 bits per heavy atom. The van der Waals surface area contributed by atoms with Crippen molar-refractivity contribution >= 4 is 0 Å². The summed E-state index contributed by atoms with van der Waals surface area (Å²) in [5, 5.41) is 10.3. The topological polar surface area (TPSA) is 46.0 Å². The predicted molar refractivity (Wildman–Crippen MR) is 106 cm³/mol. The highest BCUT2D eigenvalue weighted by Gasteiger charge is 2.31. The Labute approximate surface area is 168 Å². The number of alkyl halides is 3. The van der Waals surface area contributed by atoms with E-state index in [9.17, 15) is 18.3 Å². The first-order valence-corrected chi connectivity index (χ1v) is 9.24. The molecule has 0 amide bonds. The Balaban J connectivity index is 2.03. The second-order valence-electron chi connectivity index (χ2n) is 8.08. The summed E-state index contributed by atoms with van der Waals surface area (Å²) in [5.41, 5.74) is 0.380. The van der Waals surface area contributed by atoms with E-state index in [0.29, 0.717) is 28.3 Å². The number of nitrogens with zero attached hydrogens (tertiary/aromatic N) is 2. The van der Waals surface area contributed by atoms with E-state index in [1.165, 1.54) is 6.07 Å². The van der Waals surface area contributed by atoms with Gasteiger partial charge in [-0.15, -0.1) is 0 Å². The van der Waals surface area contributed by atoms with Crippen LogP contribution in [0.3, 0.4) is 0 Å². The van der Waals surface area contributed by atoms with Gasteiger partial charge < -0.3 is 5.11 Å². The minimum atomic E-state index is -4.41. The van der Waals surface area contributed by atoms with E-state index >= 15 is 0 Å². The van der Waals surface area contributed by atoms with Crippen LogP contribution in [0.1, 0.15) is 50.3 Å². The number of halogens is 3. The van der Waals surface area contributed by atoms with Crippen LogP contribution in [0.2, 0.25) is 0 Å². The Bertz CT molecular complexity index is 1020. The van der Waals surface area contributed by atoms with E-state index in [-0.39, 0.29) is 0 Å². The highest BCUT2D eigenvalue weighted by atomic mass is 19.4. The molecule has 0 spiro atoms. The molecule has 0 aliphatic rings. The maximum Gasteiger partial charge on any atom is 0.416 e. The van der Waals surface area contributed by atoms with E-state index in [4.69, 9.17) is 0 Å². The lowest BCUT2D eigenvalue weighted by Gasteiger charge is -2.26. The van der Waals surface area contributed by atoms with E-state index in [2.05, 4.69) is 9.97 Å². The highest BCUT2D eigenvalue weighted by molar-refractivity contribution is 5.60. The lowest BCUT2D eigenvalue weighted by Crippen LogP contribution is -2.25. The fraction of sp³-hybridized carbons (Fsp3) is 0.304. The predicted octanol–water partition coefficient (Wildman–Crippen LogP) is 5.72. The standard InChI is InChI=1S/C23H23F3N2O/c1-21(2,19-12-7-13-20(28-19)22(3,4)29)18-11-6-10-17(27-18)15-8-5-9-16(14-15)23(24,25)26/h5-14,29H,1-4H3. The number of pyridine rings is 2. The maximum absolute atomic E-state index is 13.1. The summed E-state index contributed by atoms with van der Waals surface area (Å²) in [7, 11) is 0. The number of aromatic nitrogens is 2. The molecular formula is C23H23F3N2O. The van der Waals surface area contributed by atoms with E-state index < -0.39 is 22.8 Å². The molecule has 0 aliphatic carbocycles. The molecule has 0 saturated carbocycles. The quantitative estimate of drug-likeness (QED) is 0.610. The molecule has 0 atom stereocenters. The number of rotatable bonds is 4. The van der Waals surface area contributed by atoms with Gasteiger partial charge in [-0.25, -0.2) is 0 Å². The van der Waals surface area contributed by atoms with Crippen molar-refractivity contribution in [3.63, 3.8) is 0 Å². The molecule has 0 saturated heterocycles. The van der Waals surface area contributed by atoms with Crippen LogP contribution in [0.15, 0.2) is 60.7 Å². The number of hydrogen-bond acceptors (Lipinski definition) is 3. The SMILES string of the molecule is CC(C)(O)c1cccc(C(C)(C)c2cccc(-c3cccc(C(F)(F)F)c3)n2)n1. The average Bonchev–Trinajstić information content (AvgIpc) is 2.67. The van der Waals surface area contributed by atoms with Gasteiger partial charge in [-0.05, 0) is 64.1 Å². The Hall–Kier alpha value is -2.73. The fourth-order valence-corrected chi connectivity index (χ4v) is 3.05. The van der Waals surface area contributed by atoms with Crippen molar-refractivity contribution in [3.05, 3.63) is 83.3 Å². The summed E-state index contributed by atoms with van der Waals surface area (Å²) >= 11 is 0. The third kappa shape index (κ3) is 4.48. The number of hydrogen-bond donors (Lipinski definition) is 1. The van der Waals surface area contributed by atoms with Crippen LogP contribution in [0.25, 0.3) is 11.3 Å². The van der Waals surface area contributed by atoms with Gasteiger partial charge in [0.15, 0.2) is 0 Å². The zero-order chi connectivity index (χ0) is 21.4. The number of aliphatic hydroxyl groups is 1. The van der Waals surface area contributed by atoms with Gasteiger partial charge in [-0.2, -0.15) is 13.2 Å². The molecule has 2 heterocycles. The molecule has 29 heavy (non-hydrogen) atoms. The van der Waals surface area contributed by atoms with Gasteiger partial charge in [0, 0.05) is 11.0 Å². The molecule has 152 valence electrons. The molecule has 1 aromatic carbocycles. The van der Waals surface area contributed by atoms with Crippen molar-refractivity contribution < 1.29 is 18.3 Å². The monoisotopic (exact) mass is 400 g/mol. The molecule has 0 radical (unpaired) electrons. The van der Waals surface area contributed by atoms with E-state index in [1.54, 1.807) is 38.1 Å². The lowest BCUT2D eigenvalue weighted by molar-refractivity contribution is -0.137. The Kier molecular flexibility index (Phi) is 5.26. The summed E-state index contributed by atoms with van der Waals surface area (Å²) in [5.74, 6) is 0. The van der Waals surface area contributed by atoms with Gasteiger partial charge in [0.1, 0.15) is 5.60 Å². The van der Waals surface area contributed by atoms with Crippen molar-refractivity contribution in [1.82, 2.24) is 9.97 Å². The minimum absolute atomic E-state index is 0.399. The van der Waals surface area contributed by atoms with Crippen LogP contribution in [0.5, 0.6) is 0 Å². The smallest absolute Gasteiger partial charge is 0.384 e. The number of benzene rings is 1. The van der Waals surface area contributed by atoms with Crippen molar-refractivity contribution in [2.75, 3.05) is 0 Å². The average molecular weight is 400 g/mol. The van der Waals surface area contributed by atoms with E-state index in [0.717, 1.165) is 12.1 Å². The third-order valence-corrected chi connectivity index (χ3v) is 4.89. The second kappa shape index (κ2) is 7.26. The van der Waals surface area contributed by atoms with Crippen LogP contribution in [-0.2, 0) is 17.2 Å². The summed E-state index contributed by atoms with van der Waals surface area (Å²) < 4.78 is 39.2. The highest BCUT2D eigenvalue weighted by Crippen LogP contribution is 2.34. The molecule has 0 fully saturated rings. The third-order valence-electron chi connectivity index (χ3n) is 4.89. The molecular weight excluding hydrogens is 377 g/mol. The molecule has 0 unspecified atom stereocenters. The van der Waals surface area contributed by atoms with Crippen LogP contribution in [0.4, 0.5) is 13.2 Å². The van der Waals surface area contributed by atoms with Crippen molar-refractivity contribution in [3.8, 4) is 11.3 Å². The molecule has 3 rings (SSSR count). The van der Waals surface area contributed by atoms with Gasteiger partial charge in [-0.1, -0.05) is 24.3 Å². The van der Waals surface area contributed by atoms with Gasteiger partial charge in [-0.3, -0.25) is 9.97 Å². The second-order valence-corrected chi connectivity index (χ2v) is 8.08. The zero-order valence-corrected chi connectivity index (χ0v) is 16.7. The largest absolute Gasteiger partial charge is 0.416 e. The molecule has 1 N–H and O–H groups in total. The summed E-state index contributed by atoms with van der Waals surface area (Å²) in [6, 6.07) is 15.9. The van der Waals surface area contributed by atoms with Crippen LogP contribution in [0, 0.1) is 0 Å². The van der Waals surface area contributed by atoms with Gasteiger partial charge in [0.05, 0.1) is 28.3 Å². The zero-order valence-electron chi connectivity index (χ0n) is 16.7. The summed E-state index contributed by atoms with van der Waals surface area (Å²) in [6.45, 7) is 7.22. The van der Waals surface area contributed by atoms with Crippen LogP contribution >= 0.6 is 0 Å². The molecule has 0 aliphatic heterocycles. The van der Waals surface area contributed by atoms with Crippen molar-refractivity contribution in [2.45, 2.75) is 44.9 Å². The molecule has 0 bridgehead atoms. The Morgan fingerprint density at radius 3 is 1.90 bits per heavy atom. The fourth-order valence-electron chi connectivity index (χ4n) is 3.05. The molecule has 3 nitrogen and oxygen atoms in total. The first-order valence-electron chi connectivity index (χ1n) is 9.24. The van der Waals surface area contributed by atoms with Gasteiger partial charge in [0.25, 0.3) is 0 Å². The van der Waals surface area contributed by atoms with E-state index in [1.807, 2.05) is 32.0 Å². The van der Waals surface area contributed by atoms with Crippen molar-refractivity contribution in [2.24, 2.45) is 0 Å². The Morgan fingerprint density at radius 1 is 0.724 bits per heavy atom. The van der Waals surface area contributed by atoms with Crippen LogP contribution in [-0.4, -0.2) is 15.1 Å². The summed E-state index contributed by atoms with van der Waals surface area (Å²) in [6.07, 6.45) is -4.41. The lowest BCUT2D eigenvalue weighted by atomic mass is 9.84. The summed E-state index contributed by atoms with van der Waals surface area (Å²) in [4.78, 5) is 9.24. The van der Waals surface area contributed by atoms with Crippen molar-refractivity contribution in [1.29, 1.82) is 0 Å². The van der Waals surface area contributed by atoms with Gasteiger partial charge in [0.2, 0.25) is 0 Å². The minimum Gasteiger partial charge on any atom is -0.384 e. The molecule has 3 aromatic rings. The van der Waals surface area contributed by atoms with Crippen LogP contribution < -0.4 is 0 Å².